The number of hydrogen-bond acceptors (Lipinski definition) is 3. The second-order valence-corrected chi connectivity index (χ2v) is 6.89. The van der Waals surface area contributed by atoms with Crippen LogP contribution < -0.4 is 5.73 Å². The Bertz CT molecular complexity index is 435. The lowest BCUT2D eigenvalue weighted by Gasteiger charge is -2.07. The fraction of sp³-hybridized carbons (Fsp3) is 0.538. The summed E-state index contributed by atoms with van der Waals surface area (Å²) < 4.78 is 23.0. The first-order valence-electron chi connectivity index (χ1n) is 5.94. The topological polar surface area (TPSA) is 60.2 Å². The lowest BCUT2D eigenvalue weighted by Crippen LogP contribution is -2.19. The Labute approximate surface area is 104 Å². The van der Waals surface area contributed by atoms with Gasteiger partial charge >= 0.3 is 0 Å². The van der Waals surface area contributed by atoms with Gasteiger partial charge in [0.05, 0.1) is 11.5 Å². The Kier molecular flexibility index (Phi) is 5.15. The van der Waals surface area contributed by atoms with Crippen molar-refractivity contribution in [2.24, 2.45) is 5.73 Å². The second-order valence-electron chi connectivity index (χ2n) is 4.59. The van der Waals surface area contributed by atoms with Gasteiger partial charge in [0.25, 0.3) is 0 Å². The van der Waals surface area contributed by atoms with Gasteiger partial charge in [-0.05, 0) is 23.5 Å². The Morgan fingerprint density at radius 2 is 1.71 bits per heavy atom. The minimum Gasteiger partial charge on any atom is -0.329 e. The Balaban J connectivity index is 2.59. The van der Waals surface area contributed by atoms with Crippen molar-refractivity contribution < 1.29 is 8.42 Å². The molecule has 0 amide bonds. The first-order valence-corrected chi connectivity index (χ1v) is 7.76. The minimum atomic E-state index is -2.98. The highest BCUT2D eigenvalue weighted by atomic mass is 32.2. The van der Waals surface area contributed by atoms with E-state index >= 15 is 0 Å². The number of hydrogen-bond donors (Lipinski definition) is 1. The summed E-state index contributed by atoms with van der Waals surface area (Å²) in [5, 5.41) is 0. The highest BCUT2D eigenvalue weighted by molar-refractivity contribution is 7.91. The van der Waals surface area contributed by atoms with Gasteiger partial charge in [0.1, 0.15) is 0 Å². The van der Waals surface area contributed by atoms with Gasteiger partial charge < -0.3 is 5.73 Å². The molecule has 1 aromatic rings. The van der Waals surface area contributed by atoms with Crippen molar-refractivity contribution in [2.45, 2.75) is 26.2 Å². The molecule has 0 saturated carbocycles. The molecule has 0 radical (unpaired) electrons. The van der Waals surface area contributed by atoms with E-state index in [1.165, 1.54) is 5.56 Å². The van der Waals surface area contributed by atoms with Gasteiger partial charge in [0.2, 0.25) is 0 Å². The van der Waals surface area contributed by atoms with Gasteiger partial charge in [-0.1, -0.05) is 38.1 Å². The van der Waals surface area contributed by atoms with Crippen LogP contribution in [0.3, 0.4) is 0 Å². The van der Waals surface area contributed by atoms with E-state index < -0.39 is 9.84 Å². The van der Waals surface area contributed by atoms with E-state index in [-0.39, 0.29) is 18.1 Å². The van der Waals surface area contributed by atoms with E-state index in [0.29, 0.717) is 12.3 Å². The molecule has 0 aliphatic heterocycles. The molecule has 2 N–H and O–H groups in total. The standard InChI is InChI=1S/C13H21NO2S/c1-11(2)13-5-3-12(4-6-13)7-9-17(15,16)10-8-14/h3-6,11H,7-10,14H2,1-2H3. The molecule has 0 atom stereocenters. The molecule has 0 aliphatic rings. The molecule has 0 saturated heterocycles. The molecular formula is C13H21NO2S. The third kappa shape index (κ3) is 4.88. The summed E-state index contributed by atoms with van der Waals surface area (Å²) in [5.41, 5.74) is 7.60. The maximum atomic E-state index is 11.5. The van der Waals surface area contributed by atoms with Crippen molar-refractivity contribution in [1.82, 2.24) is 0 Å². The van der Waals surface area contributed by atoms with Gasteiger partial charge in [-0.15, -0.1) is 0 Å². The summed E-state index contributed by atoms with van der Waals surface area (Å²) in [6.45, 7) is 4.48. The minimum absolute atomic E-state index is 0.0804. The van der Waals surface area contributed by atoms with Crippen LogP contribution in [0.2, 0.25) is 0 Å². The zero-order valence-electron chi connectivity index (χ0n) is 10.5. The molecule has 4 heteroatoms. The van der Waals surface area contributed by atoms with Gasteiger partial charge in [0, 0.05) is 6.54 Å². The second kappa shape index (κ2) is 6.17. The van der Waals surface area contributed by atoms with Crippen LogP contribution in [-0.2, 0) is 16.3 Å². The fourth-order valence-electron chi connectivity index (χ4n) is 1.62. The number of rotatable bonds is 6. The average molecular weight is 255 g/mol. The zero-order valence-corrected chi connectivity index (χ0v) is 11.3. The first kappa shape index (κ1) is 14.2. The fourth-order valence-corrected chi connectivity index (χ4v) is 2.73. The van der Waals surface area contributed by atoms with E-state index in [0.717, 1.165) is 5.56 Å². The molecule has 96 valence electrons. The van der Waals surface area contributed by atoms with E-state index in [1.54, 1.807) is 0 Å². The molecule has 0 bridgehead atoms. The predicted octanol–water partition coefficient (Wildman–Crippen LogP) is 1.73. The summed E-state index contributed by atoms with van der Waals surface area (Å²) in [5.74, 6) is 0.771. The summed E-state index contributed by atoms with van der Waals surface area (Å²) in [4.78, 5) is 0. The molecule has 17 heavy (non-hydrogen) atoms. The summed E-state index contributed by atoms with van der Waals surface area (Å²) in [6.07, 6.45) is 0.570. The van der Waals surface area contributed by atoms with Crippen molar-refractivity contribution in [1.29, 1.82) is 0 Å². The van der Waals surface area contributed by atoms with Crippen LogP contribution in [0.15, 0.2) is 24.3 Å². The normalized spacial score (nSPS) is 12.0. The van der Waals surface area contributed by atoms with Crippen molar-refractivity contribution >= 4 is 9.84 Å². The van der Waals surface area contributed by atoms with Crippen LogP contribution in [0.5, 0.6) is 0 Å². The lowest BCUT2D eigenvalue weighted by molar-refractivity contribution is 0.595. The molecule has 0 aromatic heterocycles. The molecule has 0 heterocycles. The maximum Gasteiger partial charge on any atom is 0.151 e. The number of benzene rings is 1. The van der Waals surface area contributed by atoms with E-state index in [2.05, 4.69) is 26.0 Å². The molecule has 1 rings (SSSR count). The quantitative estimate of drug-likeness (QED) is 0.842. The van der Waals surface area contributed by atoms with Crippen LogP contribution in [-0.4, -0.2) is 26.5 Å². The smallest absolute Gasteiger partial charge is 0.151 e. The van der Waals surface area contributed by atoms with Gasteiger partial charge in [0.15, 0.2) is 9.84 Å². The summed E-state index contributed by atoms with van der Waals surface area (Å²) >= 11 is 0. The van der Waals surface area contributed by atoms with Gasteiger partial charge in [-0.25, -0.2) is 8.42 Å². The SMILES string of the molecule is CC(C)c1ccc(CCS(=O)(=O)CCN)cc1. The monoisotopic (exact) mass is 255 g/mol. The maximum absolute atomic E-state index is 11.5. The van der Waals surface area contributed by atoms with Crippen LogP contribution in [0.4, 0.5) is 0 Å². The van der Waals surface area contributed by atoms with Gasteiger partial charge in [-0.2, -0.15) is 0 Å². The molecule has 0 unspecified atom stereocenters. The van der Waals surface area contributed by atoms with Gasteiger partial charge in [-0.3, -0.25) is 0 Å². The number of aryl methyl sites for hydroxylation is 1. The molecule has 0 spiro atoms. The third-order valence-electron chi connectivity index (χ3n) is 2.78. The predicted molar refractivity (Wildman–Crippen MR) is 71.9 cm³/mol. The van der Waals surface area contributed by atoms with E-state index in [9.17, 15) is 8.42 Å². The number of sulfone groups is 1. The van der Waals surface area contributed by atoms with Crippen LogP contribution in [0, 0.1) is 0 Å². The molecular weight excluding hydrogens is 234 g/mol. The first-order chi connectivity index (χ1) is 7.94. The van der Waals surface area contributed by atoms with E-state index in [4.69, 9.17) is 5.73 Å². The highest BCUT2D eigenvalue weighted by Crippen LogP contribution is 2.15. The Hall–Kier alpha value is -0.870. The zero-order chi connectivity index (χ0) is 12.9. The number of nitrogens with two attached hydrogens (primary N) is 1. The van der Waals surface area contributed by atoms with Crippen molar-refractivity contribution in [3.8, 4) is 0 Å². The Morgan fingerprint density at radius 1 is 1.12 bits per heavy atom. The molecule has 1 aromatic carbocycles. The van der Waals surface area contributed by atoms with E-state index in [1.807, 2.05) is 12.1 Å². The summed E-state index contributed by atoms with van der Waals surface area (Å²) in [7, 11) is -2.98. The average Bonchev–Trinajstić information content (AvgIpc) is 2.27. The van der Waals surface area contributed by atoms with Crippen LogP contribution in [0.1, 0.15) is 30.9 Å². The molecule has 0 aliphatic carbocycles. The molecule has 0 fully saturated rings. The largest absolute Gasteiger partial charge is 0.329 e. The highest BCUT2D eigenvalue weighted by Gasteiger charge is 2.09. The lowest BCUT2D eigenvalue weighted by atomic mass is 10.0. The van der Waals surface area contributed by atoms with Crippen molar-refractivity contribution in [2.75, 3.05) is 18.1 Å². The van der Waals surface area contributed by atoms with Crippen molar-refractivity contribution in [3.63, 3.8) is 0 Å². The summed E-state index contributed by atoms with van der Waals surface area (Å²) in [6, 6.07) is 8.14. The van der Waals surface area contributed by atoms with Crippen LogP contribution in [0.25, 0.3) is 0 Å². The third-order valence-corrected chi connectivity index (χ3v) is 4.46. The van der Waals surface area contributed by atoms with Crippen molar-refractivity contribution in [3.05, 3.63) is 35.4 Å². The molecule has 3 nitrogen and oxygen atoms in total. The Morgan fingerprint density at radius 3 is 2.18 bits per heavy atom. The van der Waals surface area contributed by atoms with Crippen LogP contribution >= 0.6 is 0 Å².